The molecule has 1 atom stereocenters. The highest BCUT2D eigenvalue weighted by Crippen LogP contribution is 2.25. The minimum atomic E-state index is -0.440. The van der Waals surface area contributed by atoms with Crippen molar-refractivity contribution < 1.29 is 4.74 Å². The van der Waals surface area contributed by atoms with E-state index in [4.69, 9.17) is 16.3 Å². The van der Waals surface area contributed by atoms with E-state index in [1.54, 1.807) is 19.4 Å². The Labute approximate surface area is 83.1 Å². The summed E-state index contributed by atoms with van der Waals surface area (Å²) in [6, 6.07) is 1.65. The van der Waals surface area contributed by atoms with E-state index in [-0.39, 0.29) is 0 Å². The van der Waals surface area contributed by atoms with Crippen LogP contribution in [0.3, 0.4) is 0 Å². The van der Waals surface area contributed by atoms with E-state index in [2.05, 4.69) is 9.97 Å². The van der Waals surface area contributed by atoms with Crippen LogP contribution in [0.15, 0.2) is 12.3 Å². The molecule has 0 amide bonds. The predicted octanol–water partition coefficient (Wildman–Crippen LogP) is 2.40. The second-order valence-electron chi connectivity index (χ2n) is 2.99. The third-order valence-electron chi connectivity index (χ3n) is 2.22. The van der Waals surface area contributed by atoms with Crippen LogP contribution in [0.25, 0.3) is 0 Å². The van der Waals surface area contributed by atoms with Gasteiger partial charge in [-0.2, -0.15) is 0 Å². The van der Waals surface area contributed by atoms with Crippen LogP contribution >= 0.6 is 11.6 Å². The Bertz CT molecular complexity index is 287. The van der Waals surface area contributed by atoms with Crippen LogP contribution in [-0.4, -0.2) is 17.1 Å². The van der Waals surface area contributed by atoms with E-state index in [1.807, 2.05) is 13.8 Å². The van der Waals surface area contributed by atoms with Crippen molar-refractivity contribution in [2.75, 3.05) is 7.11 Å². The molecule has 0 aromatic carbocycles. The van der Waals surface area contributed by atoms with Crippen molar-refractivity contribution in [1.82, 2.24) is 9.97 Å². The van der Waals surface area contributed by atoms with E-state index >= 15 is 0 Å². The number of nitrogens with zero attached hydrogens (tertiary/aromatic N) is 2. The zero-order valence-corrected chi connectivity index (χ0v) is 8.80. The predicted molar refractivity (Wildman–Crippen MR) is 51.7 cm³/mol. The van der Waals surface area contributed by atoms with Gasteiger partial charge < -0.3 is 4.74 Å². The summed E-state index contributed by atoms with van der Waals surface area (Å²) in [7, 11) is 1.65. The molecule has 0 spiro atoms. The van der Waals surface area contributed by atoms with Gasteiger partial charge in [-0.25, -0.2) is 9.97 Å². The van der Waals surface area contributed by atoms with Crippen molar-refractivity contribution in [3.05, 3.63) is 23.2 Å². The normalized spacial score (nSPS) is 15.4. The summed E-state index contributed by atoms with van der Waals surface area (Å²) in [6.07, 6.45) is 2.45. The fraction of sp³-hybridized carbons (Fsp3) is 0.556. The minimum absolute atomic E-state index is 0.440. The molecule has 13 heavy (non-hydrogen) atoms. The second kappa shape index (κ2) is 4.03. The molecule has 0 fully saturated rings. The van der Waals surface area contributed by atoms with Crippen molar-refractivity contribution in [3.8, 4) is 0 Å². The monoisotopic (exact) mass is 200 g/mol. The van der Waals surface area contributed by atoms with E-state index in [1.165, 1.54) is 0 Å². The molecule has 0 aliphatic carbocycles. The molecule has 0 N–H and O–H groups in total. The molecular weight excluding hydrogens is 188 g/mol. The molecule has 72 valence electrons. The Kier molecular flexibility index (Phi) is 3.22. The highest BCUT2D eigenvalue weighted by Gasteiger charge is 2.27. The topological polar surface area (TPSA) is 35.0 Å². The molecule has 1 unspecified atom stereocenters. The van der Waals surface area contributed by atoms with Gasteiger partial charge in [-0.15, -0.1) is 0 Å². The van der Waals surface area contributed by atoms with Gasteiger partial charge in [0.25, 0.3) is 0 Å². The van der Waals surface area contributed by atoms with Gasteiger partial charge in [0.2, 0.25) is 0 Å². The van der Waals surface area contributed by atoms with Crippen LogP contribution in [0.4, 0.5) is 0 Å². The number of rotatable bonds is 3. The summed E-state index contributed by atoms with van der Waals surface area (Å²) < 4.78 is 5.34. The molecule has 0 saturated carbocycles. The molecule has 0 aliphatic rings. The maximum absolute atomic E-state index is 5.76. The van der Waals surface area contributed by atoms with E-state index < -0.39 is 5.60 Å². The second-order valence-corrected chi connectivity index (χ2v) is 3.38. The summed E-state index contributed by atoms with van der Waals surface area (Å²) in [4.78, 5) is 8.25. The summed E-state index contributed by atoms with van der Waals surface area (Å²) in [5, 5.41) is 0.446. The molecule has 0 bridgehead atoms. The van der Waals surface area contributed by atoms with Crippen molar-refractivity contribution in [2.45, 2.75) is 25.9 Å². The SMILES string of the molecule is CCC(C)(OC)c1nccc(Cl)n1. The Morgan fingerprint density at radius 2 is 2.31 bits per heavy atom. The lowest BCUT2D eigenvalue weighted by Crippen LogP contribution is -2.26. The minimum Gasteiger partial charge on any atom is -0.371 e. The Morgan fingerprint density at radius 1 is 1.62 bits per heavy atom. The number of aromatic nitrogens is 2. The average molecular weight is 201 g/mol. The van der Waals surface area contributed by atoms with E-state index in [0.717, 1.165) is 6.42 Å². The van der Waals surface area contributed by atoms with Crippen LogP contribution in [0.2, 0.25) is 5.15 Å². The van der Waals surface area contributed by atoms with E-state index in [0.29, 0.717) is 11.0 Å². The zero-order chi connectivity index (χ0) is 9.90. The first-order valence-corrected chi connectivity index (χ1v) is 4.54. The van der Waals surface area contributed by atoms with Gasteiger partial charge in [0.15, 0.2) is 5.82 Å². The number of hydrogen-bond donors (Lipinski definition) is 0. The van der Waals surface area contributed by atoms with Gasteiger partial charge in [-0.1, -0.05) is 18.5 Å². The van der Waals surface area contributed by atoms with Gasteiger partial charge in [0.05, 0.1) is 0 Å². The van der Waals surface area contributed by atoms with Gasteiger partial charge in [-0.3, -0.25) is 0 Å². The molecular formula is C9H13ClN2O. The lowest BCUT2D eigenvalue weighted by molar-refractivity contribution is -0.00898. The highest BCUT2D eigenvalue weighted by atomic mass is 35.5. The lowest BCUT2D eigenvalue weighted by atomic mass is 10.0. The van der Waals surface area contributed by atoms with Crippen molar-refractivity contribution in [2.24, 2.45) is 0 Å². The fourth-order valence-corrected chi connectivity index (χ4v) is 1.12. The summed E-state index contributed by atoms with van der Waals surface area (Å²) in [6.45, 7) is 3.96. The molecule has 3 nitrogen and oxygen atoms in total. The fourth-order valence-electron chi connectivity index (χ4n) is 0.985. The summed E-state index contributed by atoms with van der Waals surface area (Å²) >= 11 is 5.76. The largest absolute Gasteiger partial charge is 0.371 e. The first-order chi connectivity index (χ1) is 6.12. The standard InChI is InChI=1S/C9H13ClN2O/c1-4-9(2,13-3)8-11-6-5-7(10)12-8/h5-6H,4H2,1-3H3. The zero-order valence-electron chi connectivity index (χ0n) is 8.04. The highest BCUT2D eigenvalue weighted by molar-refractivity contribution is 6.29. The molecule has 0 radical (unpaired) electrons. The maximum Gasteiger partial charge on any atom is 0.161 e. The van der Waals surface area contributed by atoms with Crippen molar-refractivity contribution >= 4 is 11.6 Å². The number of ether oxygens (including phenoxy) is 1. The lowest BCUT2D eigenvalue weighted by Gasteiger charge is -2.24. The number of methoxy groups -OCH3 is 1. The van der Waals surface area contributed by atoms with Crippen LogP contribution in [-0.2, 0) is 10.3 Å². The average Bonchev–Trinajstić information content (AvgIpc) is 2.17. The van der Waals surface area contributed by atoms with Gasteiger partial charge in [0, 0.05) is 13.3 Å². The Hall–Kier alpha value is -0.670. The number of halogens is 1. The van der Waals surface area contributed by atoms with E-state index in [9.17, 15) is 0 Å². The molecule has 0 aliphatic heterocycles. The van der Waals surface area contributed by atoms with Crippen molar-refractivity contribution in [3.63, 3.8) is 0 Å². The molecule has 1 rings (SSSR count). The third kappa shape index (κ3) is 2.17. The molecule has 4 heteroatoms. The van der Waals surface area contributed by atoms with Crippen LogP contribution in [0.5, 0.6) is 0 Å². The quantitative estimate of drug-likeness (QED) is 0.703. The summed E-state index contributed by atoms with van der Waals surface area (Å²) in [5.41, 5.74) is -0.440. The smallest absolute Gasteiger partial charge is 0.161 e. The summed E-state index contributed by atoms with van der Waals surface area (Å²) in [5.74, 6) is 0.630. The Morgan fingerprint density at radius 3 is 2.77 bits per heavy atom. The van der Waals surface area contributed by atoms with Gasteiger partial charge >= 0.3 is 0 Å². The van der Waals surface area contributed by atoms with Crippen LogP contribution < -0.4 is 0 Å². The first kappa shape index (κ1) is 10.4. The molecule has 1 aromatic rings. The van der Waals surface area contributed by atoms with Crippen LogP contribution in [0, 0.1) is 0 Å². The first-order valence-electron chi connectivity index (χ1n) is 4.16. The maximum atomic E-state index is 5.76. The van der Waals surface area contributed by atoms with Crippen LogP contribution in [0.1, 0.15) is 26.1 Å². The van der Waals surface area contributed by atoms with Crippen molar-refractivity contribution in [1.29, 1.82) is 0 Å². The Balaban J connectivity index is 3.05. The molecule has 0 saturated heterocycles. The third-order valence-corrected chi connectivity index (χ3v) is 2.43. The molecule has 1 heterocycles. The number of hydrogen-bond acceptors (Lipinski definition) is 3. The van der Waals surface area contributed by atoms with Gasteiger partial charge in [0.1, 0.15) is 10.8 Å². The molecule has 1 aromatic heterocycles. The van der Waals surface area contributed by atoms with Gasteiger partial charge in [-0.05, 0) is 19.4 Å².